The molecular weight excluding hydrogens is 238 g/mol. The Hall–Kier alpha value is -1.18. The molecule has 1 aromatic heterocycles. The molecule has 0 radical (unpaired) electrons. The van der Waals surface area contributed by atoms with Gasteiger partial charge in [0.1, 0.15) is 0 Å². The first-order chi connectivity index (χ1) is 8.22. The molecule has 6 nitrogen and oxygen atoms in total. The predicted octanol–water partition coefficient (Wildman–Crippen LogP) is -0.357. The number of aromatic nitrogens is 1. The van der Waals surface area contributed by atoms with Gasteiger partial charge < -0.3 is 4.90 Å². The molecule has 0 aromatic carbocycles. The second-order valence-corrected chi connectivity index (χ2v) is 4.90. The number of hydrazine groups is 1. The molecule has 0 saturated carbocycles. The van der Waals surface area contributed by atoms with Gasteiger partial charge in [-0.15, -0.1) is 11.3 Å². The minimum Gasteiger partial charge on any atom is -0.346 e. The first-order valence-electron chi connectivity index (χ1n) is 5.61. The Kier molecular flexibility index (Phi) is 3.93. The minimum atomic E-state index is -0.168. The Labute approximate surface area is 104 Å². The van der Waals surface area contributed by atoms with Gasteiger partial charge in [0.15, 0.2) is 5.13 Å². The molecule has 2 rings (SSSR count). The smallest absolute Gasteiger partial charge is 0.250 e. The van der Waals surface area contributed by atoms with E-state index >= 15 is 0 Å². The fourth-order valence-corrected chi connectivity index (χ4v) is 2.66. The summed E-state index contributed by atoms with van der Waals surface area (Å²) in [5, 5.41) is 3.03. The Balaban J connectivity index is 1.88. The Morgan fingerprint density at radius 2 is 2.24 bits per heavy atom. The van der Waals surface area contributed by atoms with E-state index < -0.39 is 0 Å². The standard InChI is InChI=1S/C10H17N5OS/c1-8(9(16)13-11)14-3-5-15(6-4-14)10-12-2-7-17-10/h2,7-8H,3-6,11H2,1H3,(H,13,16). The maximum Gasteiger partial charge on any atom is 0.250 e. The van der Waals surface area contributed by atoms with Crippen molar-refractivity contribution in [3.05, 3.63) is 11.6 Å². The van der Waals surface area contributed by atoms with Crippen LogP contribution in [0.1, 0.15) is 6.92 Å². The van der Waals surface area contributed by atoms with Crippen LogP contribution >= 0.6 is 11.3 Å². The largest absolute Gasteiger partial charge is 0.346 e. The summed E-state index contributed by atoms with van der Waals surface area (Å²) in [4.78, 5) is 20.1. The maximum atomic E-state index is 11.4. The van der Waals surface area contributed by atoms with Gasteiger partial charge >= 0.3 is 0 Å². The lowest BCUT2D eigenvalue weighted by Gasteiger charge is -2.37. The number of hydrogen-bond donors (Lipinski definition) is 2. The van der Waals surface area contributed by atoms with E-state index in [1.54, 1.807) is 11.3 Å². The average molecular weight is 255 g/mol. The van der Waals surface area contributed by atoms with Crippen molar-refractivity contribution in [2.24, 2.45) is 5.84 Å². The van der Waals surface area contributed by atoms with Crippen molar-refractivity contribution in [3.8, 4) is 0 Å². The molecule has 0 spiro atoms. The summed E-state index contributed by atoms with van der Waals surface area (Å²) < 4.78 is 0. The van der Waals surface area contributed by atoms with E-state index in [0.29, 0.717) is 0 Å². The predicted molar refractivity (Wildman–Crippen MR) is 67.7 cm³/mol. The summed E-state index contributed by atoms with van der Waals surface area (Å²) in [6.07, 6.45) is 1.82. The lowest BCUT2D eigenvalue weighted by atomic mass is 10.2. The van der Waals surface area contributed by atoms with Crippen LogP contribution in [-0.2, 0) is 4.79 Å². The molecule has 1 aliphatic rings. The van der Waals surface area contributed by atoms with Crippen LogP contribution in [0.2, 0.25) is 0 Å². The number of anilines is 1. The van der Waals surface area contributed by atoms with Crippen LogP contribution in [-0.4, -0.2) is 48.0 Å². The van der Waals surface area contributed by atoms with Crippen LogP contribution < -0.4 is 16.2 Å². The summed E-state index contributed by atoms with van der Waals surface area (Å²) in [6, 6.07) is -0.168. The summed E-state index contributed by atoms with van der Waals surface area (Å²) in [7, 11) is 0. The van der Waals surface area contributed by atoms with Gasteiger partial charge in [0, 0.05) is 37.8 Å². The van der Waals surface area contributed by atoms with Gasteiger partial charge in [0.2, 0.25) is 0 Å². The number of hydrogen-bond acceptors (Lipinski definition) is 6. The van der Waals surface area contributed by atoms with Gasteiger partial charge in [0.25, 0.3) is 5.91 Å². The zero-order chi connectivity index (χ0) is 12.3. The topological polar surface area (TPSA) is 74.5 Å². The van der Waals surface area contributed by atoms with Crippen LogP contribution in [0.25, 0.3) is 0 Å². The fraction of sp³-hybridized carbons (Fsp3) is 0.600. The number of thiazole rings is 1. The fourth-order valence-electron chi connectivity index (χ4n) is 1.96. The molecule has 1 aromatic rings. The quantitative estimate of drug-likeness (QED) is 0.438. The van der Waals surface area contributed by atoms with Crippen LogP contribution in [0, 0.1) is 0 Å². The molecule has 1 amide bonds. The third-order valence-electron chi connectivity index (χ3n) is 3.07. The Bertz CT molecular complexity index is 361. The molecule has 3 N–H and O–H groups in total. The van der Waals surface area contributed by atoms with Crippen molar-refractivity contribution in [1.29, 1.82) is 0 Å². The van der Waals surface area contributed by atoms with E-state index in [1.165, 1.54) is 0 Å². The van der Waals surface area contributed by atoms with Crippen molar-refractivity contribution in [3.63, 3.8) is 0 Å². The first kappa shape index (κ1) is 12.3. The number of carbonyl (C=O) groups is 1. The Morgan fingerprint density at radius 1 is 1.53 bits per heavy atom. The second kappa shape index (κ2) is 5.44. The van der Waals surface area contributed by atoms with E-state index in [1.807, 2.05) is 18.5 Å². The second-order valence-electron chi connectivity index (χ2n) is 4.02. The van der Waals surface area contributed by atoms with Gasteiger partial charge in [-0.2, -0.15) is 0 Å². The molecule has 1 atom stereocenters. The van der Waals surface area contributed by atoms with Gasteiger partial charge in [-0.25, -0.2) is 10.8 Å². The van der Waals surface area contributed by atoms with Gasteiger partial charge in [0.05, 0.1) is 6.04 Å². The molecule has 1 aliphatic heterocycles. The highest BCUT2D eigenvalue weighted by molar-refractivity contribution is 7.13. The zero-order valence-electron chi connectivity index (χ0n) is 9.80. The van der Waals surface area contributed by atoms with Crippen molar-refractivity contribution in [1.82, 2.24) is 15.3 Å². The van der Waals surface area contributed by atoms with E-state index in [9.17, 15) is 4.79 Å². The molecule has 1 saturated heterocycles. The van der Waals surface area contributed by atoms with Crippen molar-refractivity contribution < 1.29 is 4.79 Å². The molecule has 1 unspecified atom stereocenters. The molecule has 0 aliphatic carbocycles. The number of amides is 1. The molecule has 0 bridgehead atoms. The number of nitrogens with two attached hydrogens (primary N) is 1. The molecule has 17 heavy (non-hydrogen) atoms. The highest BCUT2D eigenvalue weighted by atomic mass is 32.1. The lowest BCUT2D eigenvalue weighted by molar-refractivity contribution is -0.126. The van der Waals surface area contributed by atoms with Crippen LogP contribution in [0.15, 0.2) is 11.6 Å². The average Bonchev–Trinajstić information content (AvgIpc) is 2.91. The number of nitrogens with zero attached hydrogens (tertiary/aromatic N) is 3. The van der Waals surface area contributed by atoms with E-state index in [2.05, 4.69) is 20.2 Å². The first-order valence-corrected chi connectivity index (χ1v) is 6.49. The number of piperazine rings is 1. The SMILES string of the molecule is CC(C(=O)NN)N1CCN(c2nccs2)CC1. The normalized spacial score (nSPS) is 19.1. The van der Waals surface area contributed by atoms with Crippen molar-refractivity contribution >= 4 is 22.4 Å². The highest BCUT2D eigenvalue weighted by Gasteiger charge is 2.25. The van der Waals surface area contributed by atoms with E-state index in [0.717, 1.165) is 31.3 Å². The monoisotopic (exact) mass is 255 g/mol. The summed E-state index contributed by atoms with van der Waals surface area (Å²) in [6.45, 7) is 5.38. The summed E-state index contributed by atoms with van der Waals surface area (Å²) in [5.41, 5.74) is 2.20. The zero-order valence-corrected chi connectivity index (χ0v) is 10.6. The summed E-state index contributed by atoms with van der Waals surface area (Å²) >= 11 is 1.65. The molecule has 1 fully saturated rings. The van der Waals surface area contributed by atoms with Crippen LogP contribution in [0.3, 0.4) is 0 Å². The van der Waals surface area contributed by atoms with Gasteiger partial charge in [-0.05, 0) is 6.92 Å². The number of rotatable bonds is 3. The molecular formula is C10H17N5OS. The molecule has 94 valence electrons. The molecule has 7 heteroatoms. The van der Waals surface area contributed by atoms with Crippen molar-refractivity contribution in [2.45, 2.75) is 13.0 Å². The van der Waals surface area contributed by atoms with Crippen LogP contribution in [0.4, 0.5) is 5.13 Å². The van der Waals surface area contributed by atoms with Gasteiger partial charge in [-0.3, -0.25) is 15.1 Å². The Morgan fingerprint density at radius 3 is 2.76 bits per heavy atom. The summed E-state index contributed by atoms with van der Waals surface area (Å²) in [5.74, 6) is 5.01. The maximum absolute atomic E-state index is 11.4. The molecule has 2 heterocycles. The highest BCUT2D eigenvalue weighted by Crippen LogP contribution is 2.19. The van der Waals surface area contributed by atoms with E-state index in [4.69, 9.17) is 5.84 Å². The lowest BCUT2D eigenvalue weighted by Crippen LogP contribution is -2.54. The van der Waals surface area contributed by atoms with Gasteiger partial charge in [-0.1, -0.05) is 0 Å². The number of carbonyl (C=O) groups excluding carboxylic acids is 1. The number of nitrogens with one attached hydrogen (secondary N) is 1. The van der Waals surface area contributed by atoms with Crippen LogP contribution in [0.5, 0.6) is 0 Å². The van der Waals surface area contributed by atoms with E-state index in [-0.39, 0.29) is 11.9 Å². The minimum absolute atomic E-state index is 0.132. The third-order valence-corrected chi connectivity index (χ3v) is 3.91. The third kappa shape index (κ3) is 2.74. The van der Waals surface area contributed by atoms with Crippen molar-refractivity contribution in [2.75, 3.05) is 31.1 Å².